The molecule has 29 heavy (non-hydrogen) atoms. The molecule has 0 bridgehead atoms. The van der Waals surface area contributed by atoms with Crippen molar-refractivity contribution < 1.29 is 18.7 Å². The van der Waals surface area contributed by atoms with Crippen molar-refractivity contribution in [1.82, 2.24) is 4.90 Å². The van der Waals surface area contributed by atoms with E-state index in [0.717, 1.165) is 23.6 Å². The normalized spacial score (nSPS) is 14.8. The van der Waals surface area contributed by atoms with Gasteiger partial charge in [-0.3, -0.25) is 4.79 Å². The van der Waals surface area contributed by atoms with Gasteiger partial charge in [-0.2, -0.15) is 0 Å². The second-order valence-electron chi connectivity index (χ2n) is 7.54. The fourth-order valence-electron chi connectivity index (χ4n) is 4.03. The van der Waals surface area contributed by atoms with Crippen LogP contribution in [0.3, 0.4) is 0 Å². The summed E-state index contributed by atoms with van der Waals surface area (Å²) in [5.41, 5.74) is -0.00471. The maximum absolute atomic E-state index is 12.5. The van der Waals surface area contributed by atoms with Gasteiger partial charge in [0.1, 0.15) is 17.1 Å². The Morgan fingerprint density at radius 2 is 1.76 bits per heavy atom. The number of likely N-dealkylation sites (N-methyl/N-ethyl adjacent to an activating group) is 1. The second kappa shape index (κ2) is 8.15. The molecule has 1 heterocycles. The average Bonchev–Trinajstić information content (AvgIpc) is 2.77. The highest BCUT2D eigenvalue weighted by Gasteiger charge is 2.22. The fraction of sp³-hybridized carbons (Fsp3) is 0.391. The Kier molecular flexibility index (Phi) is 5.43. The van der Waals surface area contributed by atoms with E-state index in [1.807, 2.05) is 25.2 Å². The number of amides is 1. The van der Waals surface area contributed by atoms with Gasteiger partial charge in [0.05, 0.1) is 12.5 Å². The minimum atomic E-state index is -0.434. The molecule has 1 aliphatic rings. The number of nitrogens with zero attached hydrogens (tertiary/aromatic N) is 1. The van der Waals surface area contributed by atoms with Gasteiger partial charge in [0, 0.05) is 29.9 Å². The van der Waals surface area contributed by atoms with Crippen LogP contribution in [0, 0.1) is 0 Å². The lowest BCUT2D eigenvalue weighted by Gasteiger charge is -2.31. The summed E-state index contributed by atoms with van der Waals surface area (Å²) in [6.45, 7) is -0.0342. The minimum absolute atomic E-state index is 0.0342. The smallest absolute Gasteiger partial charge is 0.344 e. The Morgan fingerprint density at radius 3 is 2.52 bits per heavy atom. The van der Waals surface area contributed by atoms with Crippen LogP contribution in [-0.4, -0.2) is 37.6 Å². The Morgan fingerprint density at radius 1 is 1.03 bits per heavy atom. The van der Waals surface area contributed by atoms with Crippen LogP contribution in [0.15, 0.2) is 45.6 Å². The zero-order chi connectivity index (χ0) is 20.4. The van der Waals surface area contributed by atoms with E-state index in [2.05, 4.69) is 0 Å². The molecular weight excluding hydrogens is 370 g/mol. The van der Waals surface area contributed by atoms with Crippen molar-refractivity contribution in [3.05, 3.63) is 46.8 Å². The van der Waals surface area contributed by atoms with E-state index in [-0.39, 0.29) is 12.5 Å². The number of fused-ring (bicyclic) bond motifs is 3. The van der Waals surface area contributed by atoms with Gasteiger partial charge < -0.3 is 18.8 Å². The van der Waals surface area contributed by atoms with Gasteiger partial charge in [-0.05, 0) is 43.2 Å². The van der Waals surface area contributed by atoms with E-state index in [9.17, 15) is 9.59 Å². The molecule has 152 valence electrons. The predicted molar refractivity (Wildman–Crippen MR) is 112 cm³/mol. The summed E-state index contributed by atoms with van der Waals surface area (Å²) < 4.78 is 16.4. The van der Waals surface area contributed by atoms with E-state index < -0.39 is 5.63 Å². The Labute approximate surface area is 169 Å². The molecule has 0 unspecified atom stereocenters. The summed E-state index contributed by atoms with van der Waals surface area (Å²) in [5, 5.41) is 2.06. The summed E-state index contributed by atoms with van der Waals surface area (Å²) in [7, 11) is 3.40. The third kappa shape index (κ3) is 3.92. The van der Waals surface area contributed by atoms with Gasteiger partial charge >= 0.3 is 5.63 Å². The number of methoxy groups -OCH3 is 1. The van der Waals surface area contributed by atoms with Gasteiger partial charge in [-0.15, -0.1) is 0 Å². The van der Waals surface area contributed by atoms with Crippen LogP contribution in [0.4, 0.5) is 0 Å². The maximum Gasteiger partial charge on any atom is 0.344 e. The lowest BCUT2D eigenvalue weighted by atomic mass is 9.94. The SMILES string of the molecule is COc1ccc2c(c1)c(=O)oc1cc(OCC(=O)N(C)C3CCCCC3)ccc12. The molecule has 6 nitrogen and oxygen atoms in total. The Bertz CT molecular complexity index is 1100. The van der Waals surface area contributed by atoms with Gasteiger partial charge in [0.2, 0.25) is 0 Å². The second-order valence-corrected chi connectivity index (χ2v) is 7.54. The number of ether oxygens (including phenoxy) is 2. The summed E-state index contributed by atoms with van der Waals surface area (Å²) in [6.07, 6.45) is 5.71. The van der Waals surface area contributed by atoms with Gasteiger partial charge in [0.25, 0.3) is 5.91 Å². The molecule has 1 amide bonds. The first-order valence-electron chi connectivity index (χ1n) is 10.00. The predicted octanol–water partition coefficient (Wildman–Crippen LogP) is 4.12. The van der Waals surface area contributed by atoms with Crippen molar-refractivity contribution in [2.75, 3.05) is 20.8 Å². The van der Waals surface area contributed by atoms with Gasteiger partial charge in [0.15, 0.2) is 6.61 Å². The fourth-order valence-corrected chi connectivity index (χ4v) is 4.03. The maximum atomic E-state index is 12.5. The summed E-state index contributed by atoms with van der Waals surface area (Å²) in [6, 6.07) is 10.9. The molecule has 2 aromatic carbocycles. The zero-order valence-corrected chi connectivity index (χ0v) is 16.8. The molecule has 1 fully saturated rings. The van der Waals surface area contributed by atoms with Crippen molar-refractivity contribution >= 4 is 27.6 Å². The Hall–Kier alpha value is -3.02. The molecule has 6 heteroatoms. The molecule has 0 saturated heterocycles. The molecule has 0 N–H and O–H groups in total. The van der Waals surface area contributed by atoms with Crippen molar-refractivity contribution in [3.63, 3.8) is 0 Å². The van der Waals surface area contributed by atoms with Crippen LogP contribution < -0.4 is 15.1 Å². The highest BCUT2D eigenvalue weighted by Crippen LogP contribution is 2.28. The van der Waals surface area contributed by atoms with Crippen LogP contribution in [0.5, 0.6) is 11.5 Å². The molecule has 1 aromatic heterocycles. The van der Waals surface area contributed by atoms with Gasteiger partial charge in [-0.25, -0.2) is 4.79 Å². The largest absolute Gasteiger partial charge is 0.497 e. The standard InChI is InChI=1S/C23H25NO5/c1-24(15-6-4-3-5-7-15)22(25)14-28-17-9-11-19-18-10-8-16(27-2)12-20(18)23(26)29-21(19)13-17/h8-13,15H,3-7,14H2,1-2H3. The average molecular weight is 395 g/mol. The van der Waals surface area contributed by atoms with Crippen molar-refractivity contribution in [2.24, 2.45) is 0 Å². The van der Waals surface area contributed by atoms with Crippen LogP contribution in [0.1, 0.15) is 32.1 Å². The third-order valence-electron chi connectivity index (χ3n) is 5.77. The molecule has 0 spiro atoms. The third-order valence-corrected chi connectivity index (χ3v) is 5.77. The first-order valence-corrected chi connectivity index (χ1v) is 10.00. The van der Waals surface area contributed by atoms with E-state index in [0.29, 0.717) is 28.5 Å². The summed E-state index contributed by atoms with van der Waals surface area (Å²) >= 11 is 0. The van der Waals surface area contributed by atoms with Crippen molar-refractivity contribution in [1.29, 1.82) is 0 Å². The number of carbonyl (C=O) groups excluding carboxylic acids is 1. The zero-order valence-electron chi connectivity index (χ0n) is 16.8. The van der Waals surface area contributed by atoms with Gasteiger partial charge in [-0.1, -0.05) is 19.3 Å². The van der Waals surface area contributed by atoms with E-state index in [1.54, 1.807) is 30.2 Å². The topological polar surface area (TPSA) is 69.0 Å². The van der Waals surface area contributed by atoms with Crippen LogP contribution in [0.2, 0.25) is 0 Å². The highest BCUT2D eigenvalue weighted by molar-refractivity contribution is 6.04. The summed E-state index contributed by atoms with van der Waals surface area (Å²) in [5.74, 6) is 1.06. The van der Waals surface area contributed by atoms with E-state index >= 15 is 0 Å². The molecule has 4 rings (SSSR count). The van der Waals surface area contributed by atoms with E-state index in [1.165, 1.54) is 19.3 Å². The van der Waals surface area contributed by atoms with E-state index in [4.69, 9.17) is 13.9 Å². The molecular formula is C23H25NO5. The lowest BCUT2D eigenvalue weighted by Crippen LogP contribution is -2.40. The number of hydrogen-bond acceptors (Lipinski definition) is 5. The highest BCUT2D eigenvalue weighted by atomic mass is 16.5. The molecule has 1 aliphatic carbocycles. The summed E-state index contributed by atoms with van der Waals surface area (Å²) in [4.78, 5) is 26.7. The quantitative estimate of drug-likeness (QED) is 0.480. The monoisotopic (exact) mass is 395 g/mol. The minimum Gasteiger partial charge on any atom is -0.497 e. The number of hydrogen-bond donors (Lipinski definition) is 0. The first kappa shape index (κ1) is 19.3. The molecule has 1 saturated carbocycles. The Balaban J connectivity index is 1.53. The lowest BCUT2D eigenvalue weighted by molar-refractivity contribution is -0.134. The first-order chi connectivity index (χ1) is 14.1. The van der Waals surface area contributed by atoms with Crippen LogP contribution in [0.25, 0.3) is 21.7 Å². The number of rotatable bonds is 5. The molecule has 0 radical (unpaired) electrons. The van der Waals surface area contributed by atoms with Crippen molar-refractivity contribution in [2.45, 2.75) is 38.1 Å². The number of benzene rings is 2. The molecule has 3 aromatic rings. The van der Waals surface area contributed by atoms with Crippen LogP contribution in [-0.2, 0) is 4.79 Å². The molecule has 0 aliphatic heterocycles. The molecule has 0 atom stereocenters. The van der Waals surface area contributed by atoms with Crippen molar-refractivity contribution in [3.8, 4) is 11.5 Å². The number of carbonyl (C=O) groups is 1. The van der Waals surface area contributed by atoms with Crippen LogP contribution >= 0.6 is 0 Å².